The summed E-state index contributed by atoms with van der Waals surface area (Å²) in [6, 6.07) is 0. The number of hydrogen-bond acceptors (Lipinski definition) is 2. The van der Waals surface area contributed by atoms with Gasteiger partial charge in [0.1, 0.15) is 0 Å². The minimum absolute atomic E-state index is 0. The Hall–Kier alpha value is 0.364. The third kappa shape index (κ3) is 917. The summed E-state index contributed by atoms with van der Waals surface area (Å²) in [7, 11) is -4.67. The van der Waals surface area contributed by atoms with Crippen molar-refractivity contribution in [2.45, 2.75) is 7.43 Å². The molecule has 7 heavy (non-hydrogen) atoms. The number of hydrogen-bond donors (Lipinski definition) is 2. The van der Waals surface area contributed by atoms with Crippen molar-refractivity contribution in [3.63, 3.8) is 0 Å². The Morgan fingerprint density at radius 3 is 1.14 bits per heavy atom. The Kier molecular flexibility index (Phi) is 10.1. The van der Waals surface area contributed by atoms with Crippen molar-refractivity contribution in [1.82, 2.24) is 0 Å². The molecule has 0 aliphatic carbocycles. The molecule has 0 bridgehead atoms. The van der Waals surface area contributed by atoms with Crippen molar-refractivity contribution in [2.24, 2.45) is 0 Å². The Balaban J connectivity index is -0.0000000800. The molecule has 0 saturated carbocycles. The molecule has 0 rings (SSSR count). The predicted octanol–water partition coefficient (Wildman–Crippen LogP) is -0.0192. The molecule has 0 aromatic carbocycles. The summed E-state index contributed by atoms with van der Waals surface area (Å²) in [5.74, 6) is 0. The van der Waals surface area contributed by atoms with E-state index in [-0.39, 0.29) is 23.9 Å². The van der Waals surface area contributed by atoms with E-state index < -0.39 is 10.4 Å². The van der Waals surface area contributed by atoms with Gasteiger partial charge >= 0.3 is 10.4 Å². The molecule has 0 radical (unpaired) electrons. The predicted molar refractivity (Wildman–Crippen MR) is 20.9 cm³/mol. The smallest absolute Gasteiger partial charge is 0.264 e. The molecule has 50 valence electrons. The first-order chi connectivity index (χ1) is 2.00. The van der Waals surface area contributed by atoms with Gasteiger partial charge in [0.15, 0.2) is 0 Å². The van der Waals surface area contributed by atoms with Crippen molar-refractivity contribution in [3.05, 3.63) is 0 Å². The zero-order chi connectivity index (χ0) is 4.50. The molecular formula is CH6NiO4S. The maximum absolute atomic E-state index is 8.74. The van der Waals surface area contributed by atoms with Crippen LogP contribution in [0.15, 0.2) is 0 Å². The van der Waals surface area contributed by atoms with Crippen LogP contribution >= 0.6 is 0 Å². The van der Waals surface area contributed by atoms with Crippen LogP contribution in [0.3, 0.4) is 0 Å². The fraction of sp³-hybridized carbons (Fsp3) is 1.00. The van der Waals surface area contributed by atoms with Crippen LogP contribution in [0.25, 0.3) is 0 Å². The van der Waals surface area contributed by atoms with E-state index in [2.05, 4.69) is 0 Å². The van der Waals surface area contributed by atoms with Gasteiger partial charge in [-0.15, -0.1) is 0 Å². The van der Waals surface area contributed by atoms with Crippen LogP contribution in [-0.2, 0) is 26.9 Å². The van der Waals surface area contributed by atoms with Gasteiger partial charge < -0.3 is 0 Å². The second kappa shape index (κ2) is 4.52. The Labute approximate surface area is 52.4 Å². The fourth-order valence-electron chi connectivity index (χ4n) is 0. The van der Waals surface area contributed by atoms with E-state index in [0.717, 1.165) is 0 Å². The SMILES string of the molecule is C.O=S(=O)(O)O.[Ni]. The molecule has 6 heteroatoms. The average molecular weight is 173 g/mol. The zero-order valence-corrected chi connectivity index (χ0v) is 4.24. The summed E-state index contributed by atoms with van der Waals surface area (Å²) in [6.45, 7) is 0. The Bertz CT molecular complexity index is 94.9. The van der Waals surface area contributed by atoms with Crippen molar-refractivity contribution < 1.29 is 34.0 Å². The van der Waals surface area contributed by atoms with E-state index in [0.29, 0.717) is 0 Å². The summed E-state index contributed by atoms with van der Waals surface area (Å²) in [5.41, 5.74) is 0. The Morgan fingerprint density at radius 2 is 1.14 bits per heavy atom. The van der Waals surface area contributed by atoms with E-state index in [4.69, 9.17) is 17.5 Å². The summed E-state index contributed by atoms with van der Waals surface area (Å²) in [4.78, 5) is 0. The minimum Gasteiger partial charge on any atom is -0.264 e. The van der Waals surface area contributed by atoms with Crippen LogP contribution in [0.5, 0.6) is 0 Å². The molecule has 2 N–H and O–H groups in total. The Morgan fingerprint density at radius 1 is 1.14 bits per heavy atom. The first-order valence-corrected chi connectivity index (χ1v) is 2.10. The van der Waals surface area contributed by atoms with E-state index in [1.807, 2.05) is 0 Å². The molecule has 0 aromatic heterocycles. The van der Waals surface area contributed by atoms with Gasteiger partial charge in [0, 0.05) is 16.5 Å². The fourth-order valence-corrected chi connectivity index (χ4v) is 0. The van der Waals surface area contributed by atoms with Crippen molar-refractivity contribution in [1.29, 1.82) is 0 Å². The van der Waals surface area contributed by atoms with Crippen LogP contribution in [0.2, 0.25) is 0 Å². The van der Waals surface area contributed by atoms with Crippen LogP contribution in [-0.4, -0.2) is 17.5 Å². The van der Waals surface area contributed by atoms with E-state index >= 15 is 0 Å². The first-order valence-electron chi connectivity index (χ1n) is 0.698. The van der Waals surface area contributed by atoms with Gasteiger partial charge in [-0.2, -0.15) is 8.42 Å². The summed E-state index contributed by atoms with van der Waals surface area (Å²) in [5, 5.41) is 0. The number of rotatable bonds is 0. The van der Waals surface area contributed by atoms with E-state index in [1.165, 1.54) is 0 Å². The maximum Gasteiger partial charge on any atom is 0.394 e. The molecule has 0 aliphatic rings. The van der Waals surface area contributed by atoms with Gasteiger partial charge in [-0.05, 0) is 0 Å². The molecule has 0 spiro atoms. The molecule has 0 atom stereocenters. The second-order valence-electron chi connectivity index (χ2n) is 0.448. The summed E-state index contributed by atoms with van der Waals surface area (Å²) >= 11 is 0. The molecular weight excluding hydrogens is 167 g/mol. The van der Waals surface area contributed by atoms with E-state index in [9.17, 15) is 0 Å². The minimum atomic E-state index is -4.67. The van der Waals surface area contributed by atoms with Crippen molar-refractivity contribution >= 4 is 10.4 Å². The molecule has 0 unspecified atom stereocenters. The molecule has 0 amide bonds. The van der Waals surface area contributed by atoms with Crippen LogP contribution in [0, 0.1) is 0 Å². The van der Waals surface area contributed by atoms with Gasteiger partial charge in [-0.3, -0.25) is 9.11 Å². The molecule has 0 saturated heterocycles. The molecule has 0 heterocycles. The van der Waals surface area contributed by atoms with Crippen molar-refractivity contribution in [2.75, 3.05) is 0 Å². The third-order valence-electron chi connectivity index (χ3n) is 0. The van der Waals surface area contributed by atoms with Crippen LogP contribution in [0.1, 0.15) is 7.43 Å². The van der Waals surface area contributed by atoms with Crippen molar-refractivity contribution in [3.8, 4) is 0 Å². The zero-order valence-electron chi connectivity index (χ0n) is 2.44. The molecule has 0 fully saturated rings. The van der Waals surface area contributed by atoms with Gasteiger partial charge in [0.2, 0.25) is 0 Å². The average Bonchev–Trinajstić information content (AvgIpc) is 0.722. The molecule has 0 aromatic rings. The van der Waals surface area contributed by atoms with Crippen LogP contribution < -0.4 is 0 Å². The van der Waals surface area contributed by atoms with E-state index in [1.54, 1.807) is 0 Å². The maximum atomic E-state index is 8.74. The third-order valence-corrected chi connectivity index (χ3v) is 0. The molecule has 0 aliphatic heterocycles. The normalized spacial score (nSPS) is 8.29. The first kappa shape index (κ1) is 15.7. The van der Waals surface area contributed by atoms with Crippen LogP contribution in [0.4, 0.5) is 0 Å². The molecule has 4 nitrogen and oxygen atoms in total. The standard InChI is InChI=1S/CH4.Ni.H2O4S/c;;1-5(2,3)4/h1H4;;(H2,1,2,3,4). The van der Waals surface area contributed by atoms with Gasteiger partial charge in [0.05, 0.1) is 0 Å². The quantitative estimate of drug-likeness (QED) is 0.398. The summed E-state index contributed by atoms with van der Waals surface area (Å²) in [6.07, 6.45) is 0. The topological polar surface area (TPSA) is 74.6 Å². The van der Waals surface area contributed by atoms with Gasteiger partial charge in [-0.1, -0.05) is 7.43 Å². The van der Waals surface area contributed by atoms with Gasteiger partial charge in [-0.25, -0.2) is 0 Å². The van der Waals surface area contributed by atoms with Gasteiger partial charge in [0.25, 0.3) is 0 Å². The second-order valence-corrected chi connectivity index (χ2v) is 1.34. The summed E-state index contributed by atoms with van der Waals surface area (Å²) < 4.78 is 31.6. The monoisotopic (exact) mass is 172 g/mol. The largest absolute Gasteiger partial charge is 0.394 e.